The van der Waals surface area contributed by atoms with E-state index in [1.54, 1.807) is 24.9 Å². The van der Waals surface area contributed by atoms with Gasteiger partial charge in [-0.05, 0) is 12.1 Å². The van der Waals surface area contributed by atoms with Gasteiger partial charge in [0.15, 0.2) is 9.84 Å². The largest absolute Gasteiger partial charge is 0.329 e. The second-order valence-corrected chi connectivity index (χ2v) is 8.32. The zero-order valence-electron chi connectivity index (χ0n) is 11.6. The Hall–Kier alpha value is -0.630. The normalized spacial score (nSPS) is 22.6. The molecule has 2 atom stereocenters. The van der Waals surface area contributed by atoms with E-state index in [9.17, 15) is 8.42 Å². The zero-order valence-corrected chi connectivity index (χ0v) is 13.2. The van der Waals surface area contributed by atoms with Crippen molar-refractivity contribution >= 4 is 21.6 Å². The Bertz CT molecular complexity index is 522. The highest BCUT2D eigenvalue weighted by atomic mass is 32.2. The Labute approximate surface area is 124 Å². The number of pyridine rings is 1. The summed E-state index contributed by atoms with van der Waals surface area (Å²) in [5, 5.41) is -0.457. The SMILES string of the molecule is CCS(=O)(=O)C1CSCCN1C(CN)c1ccccn1. The van der Waals surface area contributed by atoms with Gasteiger partial charge in [-0.3, -0.25) is 9.88 Å². The molecule has 0 radical (unpaired) electrons. The van der Waals surface area contributed by atoms with E-state index in [1.807, 2.05) is 23.1 Å². The molecule has 0 aromatic carbocycles. The molecule has 1 saturated heterocycles. The summed E-state index contributed by atoms with van der Waals surface area (Å²) in [6.45, 7) is 2.80. The van der Waals surface area contributed by atoms with Crippen LogP contribution >= 0.6 is 11.8 Å². The lowest BCUT2D eigenvalue weighted by atomic mass is 10.1. The lowest BCUT2D eigenvalue weighted by molar-refractivity contribution is 0.194. The number of aromatic nitrogens is 1. The van der Waals surface area contributed by atoms with E-state index >= 15 is 0 Å². The van der Waals surface area contributed by atoms with Gasteiger partial charge in [0.2, 0.25) is 0 Å². The molecule has 112 valence electrons. The van der Waals surface area contributed by atoms with Crippen LogP contribution in [0.3, 0.4) is 0 Å². The van der Waals surface area contributed by atoms with Gasteiger partial charge >= 0.3 is 0 Å². The predicted molar refractivity (Wildman–Crippen MR) is 83.3 cm³/mol. The summed E-state index contributed by atoms with van der Waals surface area (Å²) in [4.78, 5) is 6.36. The first-order valence-electron chi connectivity index (χ1n) is 6.76. The number of nitrogens with zero attached hydrogens (tertiary/aromatic N) is 2. The fraction of sp³-hybridized carbons (Fsp3) is 0.615. The average Bonchev–Trinajstić information content (AvgIpc) is 2.49. The van der Waals surface area contributed by atoms with Gasteiger partial charge in [-0.1, -0.05) is 13.0 Å². The summed E-state index contributed by atoms with van der Waals surface area (Å²) in [5.41, 5.74) is 6.74. The average molecular weight is 315 g/mol. The number of thioether (sulfide) groups is 1. The first-order chi connectivity index (χ1) is 9.60. The highest BCUT2D eigenvalue weighted by Gasteiger charge is 2.37. The predicted octanol–water partition coefficient (Wildman–Crippen LogP) is 0.891. The van der Waals surface area contributed by atoms with Gasteiger partial charge in [0.1, 0.15) is 5.37 Å². The summed E-state index contributed by atoms with van der Waals surface area (Å²) < 4.78 is 24.6. The van der Waals surface area contributed by atoms with Gasteiger partial charge in [-0.2, -0.15) is 11.8 Å². The van der Waals surface area contributed by atoms with Gasteiger partial charge in [-0.25, -0.2) is 8.42 Å². The lowest BCUT2D eigenvalue weighted by Crippen LogP contribution is -2.51. The van der Waals surface area contributed by atoms with Crippen molar-refractivity contribution in [3.63, 3.8) is 0 Å². The maximum Gasteiger partial charge on any atom is 0.166 e. The van der Waals surface area contributed by atoms with Gasteiger partial charge in [-0.15, -0.1) is 0 Å². The van der Waals surface area contributed by atoms with Crippen molar-refractivity contribution in [2.45, 2.75) is 18.3 Å². The molecule has 0 bridgehead atoms. The van der Waals surface area contributed by atoms with Crippen LogP contribution < -0.4 is 5.73 Å². The van der Waals surface area contributed by atoms with E-state index in [0.717, 1.165) is 18.0 Å². The topological polar surface area (TPSA) is 76.3 Å². The van der Waals surface area contributed by atoms with Gasteiger partial charge in [0.05, 0.1) is 11.7 Å². The van der Waals surface area contributed by atoms with E-state index in [2.05, 4.69) is 4.98 Å². The number of hydrogen-bond acceptors (Lipinski definition) is 6. The van der Waals surface area contributed by atoms with Crippen LogP contribution in [0.15, 0.2) is 24.4 Å². The van der Waals surface area contributed by atoms with Crippen molar-refractivity contribution < 1.29 is 8.42 Å². The van der Waals surface area contributed by atoms with Gasteiger partial charge in [0, 0.05) is 36.5 Å². The van der Waals surface area contributed by atoms with Crippen LogP contribution in [0.1, 0.15) is 18.7 Å². The molecular weight excluding hydrogens is 294 g/mol. The van der Waals surface area contributed by atoms with Crippen molar-refractivity contribution in [3.8, 4) is 0 Å². The second kappa shape index (κ2) is 6.89. The van der Waals surface area contributed by atoms with Crippen LogP contribution in [0.5, 0.6) is 0 Å². The Morgan fingerprint density at radius 3 is 2.95 bits per heavy atom. The lowest BCUT2D eigenvalue weighted by Gasteiger charge is -2.39. The highest BCUT2D eigenvalue weighted by molar-refractivity contribution is 8.01. The molecule has 2 N–H and O–H groups in total. The van der Waals surface area contributed by atoms with Crippen LogP contribution in [0, 0.1) is 0 Å². The van der Waals surface area contributed by atoms with Crippen LogP contribution in [-0.2, 0) is 9.84 Å². The molecule has 1 aliphatic heterocycles. The molecule has 7 heteroatoms. The third-order valence-corrected chi connectivity index (χ3v) is 6.90. The summed E-state index contributed by atoms with van der Waals surface area (Å²) in [6.07, 6.45) is 1.72. The summed E-state index contributed by atoms with van der Waals surface area (Å²) >= 11 is 1.69. The zero-order chi connectivity index (χ0) is 14.6. The van der Waals surface area contributed by atoms with Crippen molar-refractivity contribution in [2.75, 3.05) is 30.3 Å². The molecule has 0 amide bonds. The summed E-state index contributed by atoms with van der Waals surface area (Å²) in [6, 6.07) is 5.54. The van der Waals surface area contributed by atoms with Gasteiger partial charge < -0.3 is 5.73 Å². The second-order valence-electron chi connectivity index (χ2n) is 4.73. The minimum atomic E-state index is -3.11. The fourth-order valence-electron chi connectivity index (χ4n) is 2.45. The number of hydrogen-bond donors (Lipinski definition) is 1. The Morgan fingerprint density at radius 1 is 1.55 bits per heavy atom. The quantitative estimate of drug-likeness (QED) is 0.870. The Morgan fingerprint density at radius 2 is 2.35 bits per heavy atom. The first kappa shape index (κ1) is 15.8. The molecule has 5 nitrogen and oxygen atoms in total. The maximum atomic E-state index is 12.3. The molecule has 1 aromatic rings. The summed E-state index contributed by atoms with van der Waals surface area (Å²) in [5.74, 6) is 1.70. The fourth-order valence-corrected chi connectivity index (χ4v) is 5.52. The third kappa shape index (κ3) is 3.33. The van der Waals surface area contributed by atoms with E-state index in [4.69, 9.17) is 5.73 Å². The third-order valence-electron chi connectivity index (χ3n) is 3.59. The minimum absolute atomic E-state index is 0.136. The van der Waals surface area contributed by atoms with Crippen LogP contribution in [-0.4, -0.2) is 54.0 Å². The van der Waals surface area contributed by atoms with Crippen LogP contribution in [0.4, 0.5) is 0 Å². The number of sulfone groups is 1. The van der Waals surface area contributed by atoms with E-state index in [1.165, 1.54) is 0 Å². The Kier molecular flexibility index (Phi) is 5.42. The van der Waals surface area contributed by atoms with Crippen molar-refractivity contribution in [1.82, 2.24) is 9.88 Å². The van der Waals surface area contributed by atoms with E-state index < -0.39 is 15.2 Å². The maximum absolute atomic E-state index is 12.3. The molecule has 2 unspecified atom stereocenters. The van der Waals surface area contributed by atoms with Crippen LogP contribution in [0.2, 0.25) is 0 Å². The molecule has 2 rings (SSSR count). The molecule has 0 saturated carbocycles. The van der Waals surface area contributed by atoms with Crippen molar-refractivity contribution in [3.05, 3.63) is 30.1 Å². The molecule has 1 aliphatic rings. The number of nitrogens with two attached hydrogens (primary N) is 1. The Balaban J connectivity index is 2.31. The van der Waals surface area contributed by atoms with Crippen LogP contribution in [0.25, 0.3) is 0 Å². The smallest absolute Gasteiger partial charge is 0.166 e. The molecule has 20 heavy (non-hydrogen) atoms. The molecule has 0 aliphatic carbocycles. The molecular formula is C13H21N3O2S2. The molecule has 2 heterocycles. The molecule has 0 spiro atoms. The summed E-state index contributed by atoms with van der Waals surface area (Å²) in [7, 11) is -3.11. The first-order valence-corrected chi connectivity index (χ1v) is 9.63. The van der Waals surface area contributed by atoms with Crippen molar-refractivity contribution in [2.24, 2.45) is 5.73 Å². The standard InChI is InChI=1S/C13H21N3O2S2/c1-2-20(17,18)13-10-19-8-7-16(13)12(9-14)11-5-3-4-6-15-11/h3-6,12-13H,2,7-10,14H2,1H3. The van der Waals surface area contributed by atoms with Crippen molar-refractivity contribution in [1.29, 1.82) is 0 Å². The molecule has 1 fully saturated rings. The van der Waals surface area contributed by atoms with E-state index in [0.29, 0.717) is 12.3 Å². The van der Waals surface area contributed by atoms with E-state index in [-0.39, 0.29) is 11.8 Å². The highest BCUT2D eigenvalue weighted by Crippen LogP contribution is 2.29. The molecule has 1 aromatic heterocycles. The minimum Gasteiger partial charge on any atom is -0.329 e. The number of rotatable bonds is 5. The monoisotopic (exact) mass is 315 g/mol. The van der Waals surface area contributed by atoms with Gasteiger partial charge in [0.25, 0.3) is 0 Å².